The quantitative estimate of drug-likeness (QED) is 0.459. The Labute approximate surface area is 102 Å². The molecule has 1 aliphatic rings. The van der Waals surface area contributed by atoms with Crippen LogP contribution in [0.1, 0.15) is 15.9 Å². The number of rotatable bonds is 0. The summed E-state index contributed by atoms with van der Waals surface area (Å²) in [6, 6.07) is 11.1. The molecule has 3 N–H and O–H groups in total. The third kappa shape index (κ3) is 0.953. The van der Waals surface area contributed by atoms with Crippen molar-refractivity contribution in [2.24, 2.45) is 0 Å². The summed E-state index contributed by atoms with van der Waals surface area (Å²) in [5.74, 6) is -0.0254. The van der Waals surface area contributed by atoms with Crippen molar-refractivity contribution in [1.82, 2.24) is 10.2 Å². The molecule has 4 heteroatoms. The van der Waals surface area contributed by atoms with Gasteiger partial charge >= 0.3 is 0 Å². The topological polar surface area (TPSA) is 71.8 Å². The van der Waals surface area contributed by atoms with Crippen LogP contribution in [0, 0.1) is 0 Å². The van der Waals surface area contributed by atoms with E-state index in [0.717, 1.165) is 22.2 Å². The molecule has 0 bridgehead atoms. The third-order valence-corrected chi connectivity index (χ3v) is 3.41. The molecule has 0 atom stereocenters. The number of aromatic amines is 1. The number of carbonyl (C=O) groups is 1. The number of H-pyrrole nitrogens is 1. The molecule has 18 heavy (non-hydrogen) atoms. The van der Waals surface area contributed by atoms with Crippen molar-refractivity contribution >= 4 is 22.4 Å². The Morgan fingerprint density at radius 3 is 2.72 bits per heavy atom. The minimum Gasteiger partial charge on any atom is -0.398 e. The molecule has 0 fully saturated rings. The molecule has 4 nitrogen and oxygen atoms in total. The molecule has 0 radical (unpaired) electrons. The summed E-state index contributed by atoms with van der Waals surface area (Å²) in [5, 5.41) is 8.16. The second-order valence-corrected chi connectivity index (χ2v) is 4.40. The molecular weight excluding hydrogens is 226 g/mol. The first-order valence-corrected chi connectivity index (χ1v) is 5.68. The van der Waals surface area contributed by atoms with Crippen LogP contribution >= 0.6 is 0 Å². The van der Waals surface area contributed by atoms with Gasteiger partial charge in [-0.2, -0.15) is 5.10 Å². The average molecular weight is 235 g/mol. The van der Waals surface area contributed by atoms with Gasteiger partial charge in [0.2, 0.25) is 0 Å². The van der Waals surface area contributed by atoms with Crippen LogP contribution in [-0.2, 0) is 0 Å². The van der Waals surface area contributed by atoms with Crippen molar-refractivity contribution in [1.29, 1.82) is 0 Å². The number of fused-ring (bicyclic) bond motifs is 2. The van der Waals surface area contributed by atoms with Crippen LogP contribution in [-0.4, -0.2) is 16.0 Å². The minimum atomic E-state index is -0.0254. The molecule has 1 aliphatic carbocycles. The highest BCUT2D eigenvalue weighted by atomic mass is 16.1. The third-order valence-electron chi connectivity index (χ3n) is 3.41. The standard InChI is InChI=1S/C14H9N3O/c15-9-5-1-3-7-11(9)14(18)8-4-2-6-10-12(8)13(7)17-16-10/h1-6H,15H2,(H,16,17). The highest BCUT2D eigenvalue weighted by Crippen LogP contribution is 2.39. The summed E-state index contributed by atoms with van der Waals surface area (Å²) in [4.78, 5) is 12.5. The van der Waals surface area contributed by atoms with Gasteiger partial charge < -0.3 is 5.73 Å². The van der Waals surface area contributed by atoms with E-state index in [2.05, 4.69) is 10.2 Å². The number of carbonyl (C=O) groups excluding carboxylic acids is 1. The number of nitrogens with zero attached hydrogens (tertiary/aromatic N) is 1. The van der Waals surface area contributed by atoms with Crippen LogP contribution in [0.5, 0.6) is 0 Å². The fourth-order valence-electron chi connectivity index (χ4n) is 2.61. The van der Waals surface area contributed by atoms with E-state index in [9.17, 15) is 4.79 Å². The van der Waals surface area contributed by atoms with E-state index in [0.29, 0.717) is 16.8 Å². The Hall–Kier alpha value is -2.62. The van der Waals surface area contributed by atoms with Crippen LogP contribution < -0.4 is 5.73 Å². The Bertz CT molecular complexity index is 817. The minimum absolute atomic E-state index is 0.0254. The lowest BCUT2D eigenvalue weighted by atomic mass is 9.86. The van der Waals surface area contributed by atoms with Crippen LogP contribution in [0.2, 0.25) is 0 Å². The highest BCUT2D eigenvalue weighted by molar-refractivity contribution is 6.26. The summed E-state index contributed by atoms with van der Waals surface area (Å²) in [5.41, 5.74) is 10.2. The Morgan fingerprint density at radius 1 is 1.06 bits per heavy atom. The van der Waals surface area contributed by atoms with E-state index in [1.165, 1.54) is 0 Å². The van der Waals surface area contributed by atoms with Crippen LogP contribution in [0.3, 0.4) is 0 Å². The molecule has 86 valence electrons. The molecule has 2 aromatic carbocycles. The second kappa shape index (κ2) is 2.98. The van der Waals surface area contributed by atoms with Gasteiger partial charge in [-0.1, -0.05) is 24.3 Å². The van der Waals surface area contributed by atoms with Gasteiger partial charge in [-0.05, 0) is 12.1 Å². The summed E-state index contributed by atoms with van der Waals surface area (Å²) >= 11 is 0. The Kier molecular flexibility index (Phi) is 1.56. The van der Waals surface area contributed by atoms with Gasteiger partial charge in [0, 0.05) is 22.2 Å². The maximum atomic E-state index is 12.5. The fourth-order valence-corrected chi connectivity index (χ4v) is 2.61. The molecule has 3 aromatic rings. The first-order chi connectivity index (χ1) is 8.77. The fraction of sp³-hybridized carbons (Fsp3) is 0. The summed E-state index contributed by atoms with van der Waals surface area (Å²) in [7, 11) is 0. The molecule has 0 amide bonds. The van der Waals surface area contributed by atoms with Crippen molar-refractivity contribution in [3.05, 3.63) is 47.5 Å². The van der Waals surface area contributed by atoms with Gasteiger partial charge in [0.25, 0.3) is 0 Å². The maximum absolute atomic E-state index is 12.5. The Balaban J connectivity index is 2.27. The zero-order chi connectivity index (χ0) is 12.3. The van der Waals surface area contributed by atoms with Crippen LogP contribution in [0.25, 0.3) is 22.2 Å². The van der Waals surface area contributed by atoms with Gasteiger partial charge in [-0.15, -0.1) is 0 Å². The molecule has 0 spiro atoms. The predicted octanol–water partition coefficient (Wildman–Crippen LogP) is 2.36. The van der Waals surface area contributed by atoms with Gasteiger partial charge in [0.15, 0.2) is 5.78 Å². The van der Waals surface area contributed by atoms with E-state index in [1.54, 1.807) is 6.07 Å². The number of benzene rings is 2. The molecule has 1 aromatic heterocycles. The number of nitrogens with two attached hydrogens (primary N) is 1. The van der Waals surface area contributed by atoms with E-state index >= 15 is 0 Å². The monoisotopic (exact) mass is 235 g/mol. The molecule has 1 heterocycles. The van der Waals surface area contributed by atoms with Crippen molar-refractivity contribution in [2.75, 3.05) is 5.73 Å². The normalized spacial score (nSPS) is 12.8. The molecular formula is C14H9N3O. The van der Waals surface area contributed by atoms with Crippen molar-refractivity contribution in [2.45, 2.75) is 0 Å². The lowest BCUT2D eigenvalue weighted by Gasteiger charge is -2.16. The van der Waals surface area contributed by atoms with E-state index in [1.807, 2.05) is 30.3 Å². The van der Waals surface area contributed by atoms with Crippen molar-refractivity contribution in [3.63, 3.8) is 0 Å². The number of ketones is 1. The number of hydrogen-bond acceptors (Lipinski definition) is 3. The molecule has 0 saturated carbocycles. The van der Waals surface area contributed by atoms with E-state index < -0.39 is 0 Å². The van der Waals surface area contributed by atoms with Crippen molar-refractivity contribution in [3.8, 4) is 11.3 Å². The first-order valence-electron chi connectivity index (χ1n) is 5.68. The van der Waals surface area contributed by atoms with Crippen molar-refractivity contribution < 1.29 is 4.79 Å². The number of nitrogen functional groups attached to an aromatic ring is 1. The molecule has 4 rings (SSSR count). The summed E-state index contributed by atoms with van der Waals surface area (Å²) in [6.45, 7) is 0. The number of anilines is 1. The van der Waals surface area contributed by atoms with Gasteiger partial charge in [0.1, 0.15) is 5.69 Å². The summed E-state index contributed by atoms with van der Waals surface area (Å²) < 4.78 is 0. The van der Waals surface area contributed by atoms with E-state index in [-0.39, 0.29) is 5.78 Å². The Morgan fingerprint density at radius 2 is 1.83 bits per heavy atom. The van der Waals surface area contributed by atoms with Gasteiger partial charge in [-0.25, -0.2) is 0 Å². The largest absolute Gasteiger partial charge is 0.398 e. The molecule has 0 saturated heterocycles. The number of nitrogens with one attached hydrogen (secondary N) is 1. The average Bonchev–Trinajstić information content (AvgIpc) is 2.80. The first kappa shape index (κ1) is 9.41. The second-order valence-electron chi connectivity index (χ2n) is 4.40. The van der Waals surface area contributed by atoms with Gasteiger partial charge in [-0.3, -0.25) is 9.89 Å². The van der Waals surface area contributed by atoms with Gasteiger partial charge in [0.05, 0.1) is 11.1 Å². The van der Waals surface area contributed by atoms with Crippen LogP contribution in [0.4, 0.5) is 5.69 Å². The highest BCUT2D eigenvalue weighted by Gasteiger charge is 2.28. The lowest BCUT2D eigenvalue weighted by Crippen LogP contribution is -2.11. The number of aromatic nitrogens is 2. The maximum Gasteiger partial charge on any atom is 0.196 e. The predicted molar refractivity (Wildman–Crippen MR) is 69.4 cm³/mol. The lowest BCUT2D eigenvalue weighted by molar-refractivity contribution is 0.104. The SMILES string of the molecule is Nc1cccc2c1C(=O)c1cccc3[nH]nc-2c13. The van der Waals surface area contributed by atoms with Crippen LogP contribution in [0.15, 0.2) is 36.4 Å². The molecule has 0 unspecified atom stereocenters. The van der Waals surface area contributed by atoms with E-state index in [4.69, 9.17) is 5.73 Å². The zero-order valence-electron chi connectivity index (χ0n) is 9.40. The molecule has 0 aliphatic heterocycles. The zero-order valence-corrected chi connectivity index (χ0v) is 9.40. The summed E-state index contributed by atoms with van der Waals surface area (Å²) in [6.07, 6.45) is 0. The smallest absolute Gasteiger partial charge is 0.196 e. The number of hydrogen-bond donors (Lipinski definition) is 2.